The highest BCUT2D eigenvalue weighted by Crippen LogP contribution is 2.20. The third-order valence-electron chi connectivity index (χ3n) is 3.42. The zero-order valence-electron chi connectivity index (χ0n) is 12.5. The average Bonchev–Trinajstić information content (AvgIpc) is 2.95. The van der Waals surface area contributed by atoms with Gasteiger partial charge in [-0.1, -0.05) is 17.7 Å². The van der Waals surface area contributed by atoms with E-state index in [1.807, 2.05) is 6.92 Å². The summed E-state index contributed by atoms with van der Waals surface area (Å²) in [5.74, 6) is -0.556. The lowest BCUT2D eigenvalue weighted by Gasteiger charge is -2.16. The fourth-order valence-electron chi connectivity index (χ4n) is 2.16. The Morgan fingerprint density at radius 2 is 2.17 bits per heavy atom. The van der Waals surface area contributed by atoms with Crippen LogP contribution in [-0.2, 0) is 6.54 Å². The van der Waals surface area contributed by atoms with Crippen molar-refractivity contribution in [3.63, 3.8) is 0 Å². The Morgan fingerprint density at radius 1 is 1.39 bits per heavy atom. The van der Waals surface area contributed by atoms with Crippen LogP contribution in [0.5, 0.6) is 0 Å². The van der Waals surface area contributed by atoms with E-state index in [-0.39, 0.29) is 23.0 Å². The van der Waals surface area contributed by atoms with Crippen LogP contribution in [0.25, 0.3) is 5.78 Å². The van der Waals surface area contributed by atoms with Gasteiger partial charge in [0.2, 0.25) is 5.82 Å². The van der Waals surface area contributed by atoms with Crippen molar-refractivity contribution >= 4 is 23.3 Å². The van der Waals surface area contributed by atoms with Gasteiger partial charge in [0.25, 0.3) is 11.7 Å². The van der Waals surface area contributed by atoms with Crippen LogP contribution in [0.2, 0.25) is 5.02 Å². The van der Waals surface area contributed by atoms with E-state index in [4.69, 9.17) is 11.6 Å². The molecule has 1 amide bonds. The molecular weight excluding hydrogens is 321 g/mol. The Labute approximate surface area is 136 Å². The lowest BCUT2D eigenvalue weighted by atomic mass is 10.2. The number of nitrogens with zero attached hydrogens (tertiary/aromatic N) is 5. The quantitative estimate of drug-likeness (QED) is 0.738. The molecule has 0 saturated heterocycles. The number of aryl methyl sites for hydroxylation is 1. The molecule has 0 atom stereocenters. The molecule has 0 unspecified atom stereocenters. The fourth-order valence-corrected chi connectivity index (χ4v) is 2.38. The van der Waals surface area contributed by atoms with E-state index in [1.54, 1.807) is 18.3 Å². The summed E-state index contributed by atoms with van der Waals surface area (Å²) in [6.07, 6.45) is 1.59. The van der Waals surface area contributed by atoms with Crippen LogP contribution in [0, 0.1) is 12.7 Å². The SMILES string of the molecule is Cc1ccnc2nc(C(=O)N(C)Cc3c(F)cccc3Cl)nn12. The van der Waals surface area contributed by atoms with Gasteiger partial charge in [-0.05, 0) is 25.1 Å². The first-order valence-electron chi connectivity index (χ1n) is 6.84. The van der Waals surface area contributed by atoms with E-state index < -0.39 is 11.7 Å². The Kier molecular flexibility index (Phi) is 3.96. The van der Waals surface area contributed by atoms with Crippen LogP contribution in [-0.4, -0.2) is 37.4 Å². The van der Waals surface area contributed by atoms with Crippen molar-refractivity contribution in [1.29, 1.82) is 0 Å². The first-order valence-corrected chi connectivity index (χ1v) is 7.22. The average molecular weight is 334 g/mol. The number of rotatable bonds is 3. The zero-order valence-corrected chi connectivity index (χ0v) is 13.3. The molecule has 3 aromatic rings. The van der Waals surface area contributed by atoms with Gasteiger partial charge in [-0.3, -0.25) is 4.79 Å². The number of carbonyl (C=O) groups excluding carboxylic acids is 1. The molecule has 118 valence electrons. The molecule has 0 saturated carbocycles. The molecule has 2 heterocycles. The van der Waals surface area contributed by atoms with Crippen molar-refractivity contribution in [2.75, 3.05) is 7.05 Å². The molecule has 6 nitrogen and oxygen atoms in total. The fraction of sp³-hybridized carbons (Fsp3) is 0.200. The normalized spacial score (nSPS) is 11.0. The molecular formula is C15H13ClFN5O. The van der Waals surface area contributed by atoms with E-state index in [1.165, 1.54) is 28.6 Å². The van der Waals surface area contributed by atoms with Crippen molar-refractivity contribution in [2.45, 2.75) is 13.5 Å². The molecule has 2 aromatic heterocycles. The van der Waals surface area contributed by atoms with Crippen molar-refractivity contribution in [3.8, 4) is 0 Å². The van der Waals surface area contributed by atoms with Crippen LogP contribution >= 0.6 is 11.6 Å². The summed E-state index contributed by atoms with van der Waals surface area (Å²) in [7, 11) is 1.54. The van der Waals surface area contributed by atoms with Gasteiger partial charge in [-0.15, -0.1) is 5.10 Å². The Hall–Kier alpha value is -2.54. The number of carbonyl (C=O) groups is 1. The second-order valence-electron chi connectivity index (χ2n) is 5.09. The summed E-state index contributed by atoms with van der Waals surface area (Å²) in [4.78, 5) is 21.9. The molecule has 0 N–H and O–H groups in total. The highest BCUT2D eigenvalue weighted by atomic mass is 35.5. The van der Waals surface area contributed by atoms with Crippen LogP contribution in [0.4, 0.5) is 4.39 Å². The maximum absolute atomic E-state index is 13.8. The van der Waals surface area contributed by atoms with Gasteiger partial charge >= 0.3 is 0 Å². The summed E-state index contributed by atoms with van der Waals surface area (Å²) >= 11 is 5.99. The van der Waals surface area contributed by atoms with Gasteiger partial charge in [0, 0.05) is 29.5 Å². The molecule has 0 aliphatic heterocycles. The van der Waals surface area contributed by atoms with Crippen LogP contribution < -0.4 is 0 Å². The predicted molar refractivity (Wildman–Crippen MR) is 82.7 cm³/mol. The maximum atomic E-state index is 13.8. The Balaban J connectivity index is 1.88. The molecule has 0 spiro atoms. The van der Waals surface area contributed by atoms with Gasteiger partial charge in [0.15, 0.2) is 0 Å². The van der Waals surface area contributed by atoms with E-state index in [9.17, 15) is 9.18 Å². The highest BCUT2D eigenvalue weighted by molar-refractivity contribution is 6.31. The monoisotopic (exact) mass is 333 g/mol. The topological polar surface area (TPSA) is 63.4 Å². The minimum atomic E-state index is -0.461. The predicted octanol–water partition coefficient (Wildman–Crippen LogP) is 2.50. The van der Waals surface area contributed by atoms with Crippen LogP contribution in [0.15, 0.2) is 30.5 Å². The number of benzene rings is 1. The van der Waals surface area contributed by atoms with Crippen LogP contribution in [0.3, 0.4) is 0 Å². The van der Waals surface area contributed by atoms with Gasteiger partial charge < -0.3 is 4.90 Å². The third-order valence-corrected chi connectivity index (χ3v) is 3.78. The largest absolute Gasteiger partial charge is 0.334 e. The van der Waals surface area contributed by atoms with E-state index in [2.05, 4.69) is 15.1 Å². The van der Waals surface area contributed by atoms with Crippen LogP contribution in [0.1, 0.15) is 21.9 Å². The number of halogens is 2. The van der Waals surface area contributed by atoms with Gasteiger partial charge in [-0.25, -0.2) is 13.9 Å². The van der Waals surface area contributed by atoms with E-state index >= 15 is 0 Å². The lowest BCUT2D eigenvalue weighted by molar-refractivity contribution is 0.0772. The summed E-state index contributed by atoms with van der Waals surface area (Å²) in [5, 5.41) is 4.41. The van der Waals surface area contributed by atoms with E-state index in [0.29, 0.717) is 5.78 Å². The molecule has 23 heavy (non-hydrogen) atoms. The second-order valence-corrected chi connectivity index (χ2v) is 5.50. The summed E-state index contributed by atoms with van der Waals surface area (Å²) in [5.41, 5.74) is 1.06. The lowest BCUT2D eigenvalue weighted by Crippen LogP contribution is -2.27. The minimum absolute atomic E-state index is 0.00163. The number of aromatic nitrogens is 4. The Bertz CT molecular complexity index is 874. The summed E-state index contributed by atoms with van der Waals surface area (Å²) < 4.78 is 15.3. The first kappa shape index (κ1) is 15.4. The zero-order chi connectivity index (χ0) is 16.6. The third kappa shape index (κ3) is 2.87. The number of fused-ring (bicyclic) bond motifs is 1. The number of hydrogen-bond donors (Lipinski definition) is 0. The molecule has 1 aromatic carbocycles. The Morgan fingerprint density at radius 3 is 2.87 bits per heavy atom. The summed E-state index contributed by atoms with van der Waals surface area (Å²) in [6.45, 7) is 1.85. The van der Waals surface area contributed by atoms with Gasteiger partial charge in [0.1, 0.15) is 5.82 Å². The smallest absolute Gasteiger partial charge is 0.293 e. The highest BCUT2D eigenvalue weighted by Gasteiger charge is 2.20. The standard InChI is InChI=1S/C15H13ClFN5O/c1-9-6-7-18-15-19-13(20-22(9)15)14(23)21(2)8-10-11(16)4-3-5-12(10)17/h3-7H,8H2,1-2H3. The van der Waals surface area contributed by atoms with E-state index in [0.717, 1.165) is 5.69 Å². The minimum Gasteiger partial charge on any atom is -0.334 e. The molecule has 0 aliphatic rings. The first-order chi connectivity index (χ1) is 11.0. The molecule has 0 fully saturated rings. The van der Waals surface area contributed by atoms with Gasteiger partial charge in [-0.2, -0.15) is 4.98 Å². The van der Waals surface area contributed by atoms with Crippen molar-refractivity contribution in [1.82, 2.24) is 24.5 Å². The second kappa shape index (κ2) is 5.92. The molecule has 0 radical (unpaired) electrons. The maximum Gasteiger partial charge on any atom is 0.293 e. The molecule has 3 rings (SSSR count). The van der Waals surface area contributed by atoms with Crippen molar-refractivity contribution in [3.05, 3.63) is 58.4 Å². The van der Waals surface area contributed by atoms with Gasteiger partial charge in [0.05, 0.1) is 6.54 Å². The molecule has 0 aliphatic carbocycles. The van der Waals surface area contributed by atoms with Crippen molar-refractivity contribution < 1.29 is 9.18 Å². The summed E-state index contributed by atoms with van der Waals surface area (Å²) in [6, 6.07) is 6.16. The van der Waals surface area contributed by atoms with Crippen molar-refractivity contribution in [2.24, 2.45) is 0 Å². The molecule has 0 bridgehead atoms. The number of amides is 1. The number of hydrogen-bond acceptors (Lipinski definition) is 4. The molecule has 8 heteroatoms.